The highest BCUT2D eigenvalue weighted by molar-refractivity contribution is 5.94. The molecule has 0 radical (unpaired) electrons. The highest BCUT2D eigenvalue weighted by Gasteiger charge is 2.07. The average Bonchev–Trinajstić information content (AvgIpc) is 2.44. The SMILES string of the molecule is C#Cc1cc(C#C)c2cc(C#C)cc(C#C)c2c1. The molecule has 0 unspecified atom stereocenters. The third kappa shape index (κ3) is 1.70. The summed E-state index contributed by atoms with van der Waals surface area (Å²) in [5, 5.41) is 1.72. The van der Waals surface area contributed by atoms with Gasteiger partial charge < -0.3 is 0 Å². The summed E-state index contributed by atoms with van der Waals surface area (Å²) in [6, 6.07) is 7.27. The van der Waals surface area contributed by atoms with Gasteiger partial charge in [-0.2, -0.15) is 0 Å². The van der Waals surface area contributed by atoms with Gasteiger partial charge in [0.1, 0.15) is 0 Å². The fraction of sp³-hybridized carbons (Fsp3) is 0. The number of hydrogen-bond acceptors (Lipinski definition) is 0. The van der Waals surface area contributed by atoms with Gasteiger partial charge in [0.2, 0.25) is 0 Å². The summed E-state index contributed by atoms with van der Waals surface area (Å²) in [6.45, 7) is 0. The largest absolute Gasteiger partial charge is 0.115 e. The number of rotatable bonds is 0. The van der Waals surface area contributed by atoms with E-state index in [2.05, 4.69) is 23.7 Å². The minimum absolute atomic E-state index is 0.703. The normalized spacial score (nSPS) is 8.89. The summed E-state index contributed by atoms with van der Waals surface area (Å²) in [5.41, 5.74) is 2.82. The third-order valence-corrected chi connectivity index (χ3v) is 2.71. The van der Waals surface area contributed by atoms with Gasteiger partial charge in [0, 0.05) is 22.3 Å². The summed E-state index contributed by atoms with van der Waals surface area (Å²) in [7, 11) is 0. The summed E-state index contributed by atoms with van der Waals surface area (Å²) in [6.07, 6.45) is 21.8. The van der Waals surface area contributed by atoms with Gasteiger partial charge in [-0.3, -0.25) is 0 Å². The van der Waals surface area contributed by atoms with Crippen LogP contribution in [0.15, 0.2) is 24.3 Å². The lowest BCUT2D eigenvalue weighted by Crippen LogP contribution is -1.89. The number of hydrogen-bond donors (Lipinski definition) is 0. The molecule has 0 spiro atoms. The lowest BCUT2D eigenvalue weighted by atomic mass is 9.95. The van der Waals surface area contributed by atoms with Crippen molar-refractivity contribution in [2.24, 2.45) is 0 Å². The maximum absolute atomic E-state index is 5.50. The van der Waals surface area contributed by atoms with Crippen LogP contribution in [0, 0.1) is 49.4 Å². The maximum Gasteiger partial charge on any atom is 0.0334 e. The average molecular weight is 224 g/mol. The second-order valence-electron chi connectivity index (χ2n) is 3.72. The first-order chi connectivity index (χ1) is 8.73. The Morgan fingerprint density at radius 3 is 1.22 bits per heavy atom. The highest BCUT2D eigenvalue weighted by Crippen LogP contribution is 2.25. The molecule has 2 aromatic carbocycles. The molecular weight excluding hydrogens is 216 g/mol. The van der Waals surface area contributed by atoms with Crippen molar-refractivity contribution in [3.63, 3.8) is 0 Å². The summed E-state index contributed by atoms with van der Waals surface area (Å²) in [4.78, 5) is 0. The number of fused-ring (bicyclic) bond motifs is 1. The third-order valence-electron chi connectivity index (χ3n) is 2.71. The van der Waals surface area contributed by atoms with Crippen LogP contribution in [0.3, 0.4) is 0 Å². The van der Waals surface area contributed by atoms with Crippen LogP contribution in [0.4, 0.5) is 0 Å². The molecule has 0 saturated heterocycles. The Balaban J connectivity index is 3.03. The Bertz CT molecular complexity index is 735. The molecule has 0 heteroatoms. The van der Waals surface area contributed by atoms with E-state index in [-0.39, 0.29) is 0 Å². The molecule has 0 bridgehead atoms. The van der Waals surface area contributed by atoms with E-state index in [1.807, 2.05) is 12.1 Å². The Morgan fingerprint density at radius 2 is 0.944 bits per heavy atom. The number of terminal acetylenes is 4. The first-order valence-electron chi connectivity index (χ1n) is 5.21. The maximum atomic E-state index is 5.50. The van der Waals surface area contributed by atoms with E-state index in [0.29, 0.717) is 22.3 Å². The molecule has 0 aliphatic heterocycles. The monoisotopic (exact) mass is 224 g/mol. The highest BCUT2D eigenvalue weighted by atomic mass is 14.1. The van der Waals surface area contributed by atoms with Crippen LogP contribution in [0.5, 0.6) is 0 Å². The molecule has 0 saturated carbocycles. The van der Waals surface area contributed by atoms with E-state index in [4.69, 9.17) is 25.7 Å². The van der Waals surface area contributed by atoms with Gasteiger partial charge in [-0.05, 0) is 35.0 Å². The van der Waals surface area contributed by atoms with Crippen LogP contribution in [0.2, 0.25) is 0 Å². The van der Waals surface area contributed by atoms with Gasteiger partial charge in [0.25, 0.3) is 0 Å². The Labute approximate surface area is 107 Å². The van der Waals surface area contributed by atoms with E-state index in [1.54, 1.807) is 12.1 Å². The van der Waals surface area contributed by atoms with Crippen molar-refractivity contribution in [2.45, 2.75) is 0 Å². The van der Waals surface area contributed by atoms with Gasteiger partial charge in [0.15, 0.2) is 0 Å². The van der Waals surface area contributed by atoms with Crippen molar-refractivity contribution in [3.05, 3.63) is 46.5 Å². The van der Waals surface area contributed by atoms with Crippen LogP contribution in [0.1, 0.15) is 22.3 Å². The molecule has 0 aliphatic rings. The van der Waals surface area contributed by atoms with Crippen LogP contribution >= 0.6 is 0 Å². The molecule has 0 fully saturated rings. The standard InChI is InChI=1S/C18H8/c1-5-13-9-15(7-3)18-12-14(6-2)10-16(8-4)17(18)11-13/h1-4,9-12H. The summed E-state index contributed by atoms with van der Waals surface area (Å²) < 4.78 is 0. The minimum atomic E-state index is 0.703. The van der Waals surface area contributed by atoms with Crippen LogP contribution in [-0.4, -0.2) is 0 Å². The van der Waals surface area contributed by atoms with Crippen LogP contribution < -0.4 is 0 Å². The van der Waals surface area contributed by atoms with Crippen LogP contribution in [-0.2, 0) is 0 Å². The molecule has 0 aromatic heterocycles. The lowest BCUT2D eigenvalue weighted by Gasteiger charge is -2.06. The predicted octanol–water partition coefficient (Wildman–Crippen LogP) is 2.77. The van der Waals surface area contributed by atoms with Crippen molar-refractivity contribution in [1.82, 2.24) is 0 Å². The Kier molecular flexibility index (Phi) is 2.82. The quantitative estimate of drug-likeness (QED) is 0.604. The van der Waals surface area contributed by atoms with E-state index in [9.17, 15) is 0 Å². The van der Waals surface area contributed by atoms with Gasteiger partial charge >= 0.3 is 0 Å². The van der Waals surface area contributed by atoms with Crippen molar-refractivity contribution in [2.75, 3.05) is 0 Å². The molecule has 80 valence electrons. The van der Waals surface area contributed by atoms with E-state index in [1.165, 1.54) is 0 Å². The first-order valence-corrected chi connectivity index (χ1v) is 5.21. The zero-order valence-corrected chi connectivity index (χ0v) is 9.62. The Hall–Kier alpha value is -3.06. The summed E-state index contributed by atoms with van der Waals surface area (Å²) in [5.74, 6) is 10.4. The zero-order chi connectivity index (χ0) is 13.1. The first kappa shape index (κ1) is 11.4. The molecule has 0 amide bonds. The predicted molar refractivity (Wildman–Crippen MR) is 75.7 cm³/mol. The molecule has 0 heterocycles. The number of benzene rings is 2. The van der Waals surface area contributed by atoms with Gasteiger partial charge in [-0.15, -0.1) is 25.7 Å². The zero-order valence-electron chi connectivity index (χ0n) is 9.62. The minimum Gasteiger partial charge on any atom is -0.115 e. The topological polar surface area (TPSA) is 0 Å². The van der Waals surface area contributed by atoms with Gasteiger partial charge in [0.05, 0.1) is 0 Å². The van der Waals surface area contributed by atoms with Crippen molar-refractivity contribution in [3.8, 4) is 49.4 Å². The smallest absolute Gasteiger partial charge is 0.0334 e. The molecule has 0 aliphatic carbocycles. The van der Waals surface area contributed by atoms with E-state index in [0.717, 1.165) is 10.8 Å². The van der Waals surface area contributed by atoms with Crippen LogP contribution in [0.25, 0.3) is 10.8 Å². The van der Waals surface area contributed by atoms with E-state index < -0.39 is 0 Å². The van der Waals surface area contributed by atoms with Crippen molar-refractivity contribution < 1.29 is 0 Å². The van der Waals surface area contributed by atoms with Crippen molar-refractivity contribution >= 4 is 10.8 Å². The molecule has 0 N–H and O–H groups in total. The molecule has 18 heavy (non-hydrogen) atoms. The molecule has 2 rings (SSSR count). The second kappa shape index (κ2) is 4.44. The molecule has 2 aromatic rings. The van der Waals surface area contributed by atoms with Gasteiger partial charge in [-0.1, -0.05) is 23.7 Å². The Morgan fingerprint density at radius 1 is 0.556 bits per heavy atom. The van der Waals surface area contributed by atoms with Crippen molar-refractivity contribution in [1.29, 1.82) is 0 Å². The lowest BCUT2D eigenvalue weighted by molar-refractivity contribution is 1.61. The fourth-order valence-electron chi connectivity index (χ4n) is 1.87. The second-order valence-corrected chi connectivity index (χ2v) is 3.72. The molecular formula is C18H8. The van der Waals surface area contributed by atoms with E-state index >= 15 is 0 Å². The fourth-order valence-corrected chi connectivity index (χ4v) is 1.87. The van der Waals surface area contributed by atoms with Gasteiger partial charge in [-0.25, -0.2) is 0 Å². The molecule has 0 atom stereocenters. The summed E-state index contributed by atoms with van der Waals surface area (Å²) >= 11 is 0. The molecule has 0 nitrogen and oxygen atoms in total.